The van der Waals surface area contributed by atoms with Crippen molar-refractivity contribution in [2.24, 2.45) is 10.9 Å². The molecule has 2 heterocycles. The number of hydrogen-bond donors (Lipinski definition) is 2. The Hall–Kier alpha value is -4.33. The molecule has 1 amide bonds. The largest absolute Gasteiger partial charge is 0.397 e. The van der Waals surface area contributed by atoms with E-state index < -0.39 is 0 Å². The highest BCUT2D eigenvalue weighted by Crippen LogP contribution is 2.55. The molecule has 4 aromatic rings. The van der Waals surface area contributed by atoms with Gasteiger partial charge in [-0.2, -0.15) is 0 Å². The highest BCUT2D eigenvalue weighted by atomic mass is 35.5. The normalized spacial score (nSPS) is 16.9. The predicted octanol–water partition coefficient (Wildman–Crippen LogP) is 5.83. The average Bonchev–Trinajstić information content (AvgIpc) is 3.53. The van der Waals surface area contributed by atoms with Gasteiger partial charge in [0.1, 0.15) is 19.3 Å². The number of amides is 1. The first-order chi connectivity index (χ1) is 18.9. The lowest BCUT2D eigenvalue weighted by Gasteiger charge is -2.23. The van der Waals surface area contributed by atoms with Gasteiger partial charge in [-0.15, -0.1) is 0 Å². The zero-order chi connectivity index (χ0) is 27.1. The quantitative estimate of drug-likeness (QED) is 0.176. The summed E-state index contributed by atoms with van der Waals surface area (Å²) in [6.07, 6.45) is -0.317. The summed E-state index contributed by atoms with van der Waals surface area (Å²) in [5, 5.41) is 7.44. The first kappa shape index (κ1) is 25.0. The SMILES string of the molecule is CON=C(N)c1ccc(CNC(=O)c2ccc3c(c2)[C@@H]2O[C@H]3c3ccc(N(C)c4cccc(Cl)c4)cc32)cc1. The minimum Gasteiger partial charge on any atom is -0.397 e. The molecule has 6 rings (SSSR count). The zero-order valence-electron chi connectivity index (χ0n) is 21.5. The molecule has 2 bridgehead atoms. The van der Waals surface area contributed by atoms with Gasteiger partial charge in [-0.25, -0.2) is 0 Å². The minimum atomic E-state index is -0.202. The van der Waals surface area contributed by atoms with Crippen LogP contribution in [0.5, 0.6) is 0 Å². The van der Waals surface area contributed by atoms with Crippen molar-refractivity contribution in [1.82, 2.24) is 5.32 Å². The Morgan fingerprint density at radius 1 is 0.923 bits per heavy atom. The van der Waals surface area contributed by atoms with Crippen LogP contribution >= 0.6 is 11.6 Å². The van der Waals surface area contributed by atoms with E-state index in [2.05, 4.69) is 33.6 Å². The molecule has 3 N–H and O–H groups in total. The van der Waals surface area contributed by atoms with Crippen LogP contribution in [0.4, 0.5) is 11.4 Å². The molecular formula is C31H27ClN4O3. The monoisotopic (exact) mass is 538 g/mol. The van der Waals surface area contributed by atoms with Crippen molar-refractivity contribution in [3.05, 3.63) is 129 Å². The van der Waals surface area contributed by atoms with E-state index in [0.29, 0.717) is 23.0 Å². The van der Waals surface area contributed by atoms with E-state index in [4.69, 9.17) is 26.9 Å². The second kappa shape index (κ2) is 10.1. The molecule has 2 aliphatic heterocycles. The lowest BCUT2D eigenvalue weighted by atomic mass is 9.85. The van der Waals surface area contributed by atoms with Crippen LogP contribution in [0.3, 0.4) is 0 Å². The summed E-state index contributed by atoms with van der Waals surface area (Å²) in [7, 11) is 3.47. The zero-order valence-corrected chi connectivity index (χ0v) is 22.3. The maximum atomic E-state index is 13.0. The number of nitrogens with zero attached hydrogens (tertiary/aromatic N) is 2. The van der Waals surface area contributed by atoms with E-state index in [0.717, 1.165) is 39.2 Å². The molecule has 0 unspecified atom stereocenters. The standard InChI is InChI=1S/C31H27ClN4O3/c1-36(22-5-3-4-21(32)15-22)23-11-13-25-27(16-23)29-26-14-20(10-12-24(26)28(25)39-29)31(37)34-17-18-6-8-19(9-7-18)30(33)35-38-2/h3-16,28-29H,17H2,1-2H3,(H2,33,35)(H,34,37)/t28-,29+/m1/s1. The Kier molecular flexibility index (Phi) is 6.46. The third-order valence-electron chi connectivity index (χ3n) is 7.30. The summed E-state index contributed by atoms with van der Waals surface area (Å²) in [4.78, 5) is 19.9. The number of fused-ring (bicyclic) bond motifs is 8. The molecule has 4 aromatic carbocycles. The van der Waals surface area contributed by atoms with Crippen molar-refractivity contribution in [3.63, 3.8) is 0 Å². The van der Waals surface area contributed by atoms with Crippen LogP contribution in [0.25, 0.3) is 0 Å². The Morgan fingerprint density at radius 3 is 2.33 bits per heavy atom. The number of benzene rings is 4. The van der Waals surface area contributed by atoms with Crippen LogP contribution in [0.15, 0.2) is 90.1 Å². The molecule has 0 radical (unpaired) electrons. The van der Waals surface area contributed by atoms with Gasteiger partial charge in [-0.05, 0) is 70.3 Å². The molecule has 0 aromatic heterocycles. The molecule has 0 saturated heterocycles. The summed E-state index contributed by atoms with van der Waals surface area (Å²) in [5.41, 5.74) is 14.7. The fourth-order valence-electron chi connectivity index (χ4n) is 5.25. The van der Waals surface area contributed by atoms with Gasteiger partial charge >= 0.3 is 0 Å². The van der Waals surface area contributed by atoms with E-state index in [-0.39, 0.29) is 18.1 Å². The first-order valence-electron chi connectivity index (χ1n) is 12.6. The van der Waals surface area contributed by atoms with Gasteiger partial charge in [-0.1, -0.05) is 59.2 Å². The van der Waals surface area contributed by atoms with Crippen LogP contribution in [0.2, 0.25) is 5.02 Å². The number of oxime groups is 1. The van der Waals surface area contributed by atoms with E-state index in [1.807, 2.05) is 73.8 Å². The van der Waals surface area contributed by atoms with Crippen molar-refractivity contribution >= 4 is 34.7 Å². The van der Waals surface area contributed by atoms with Gasteiger partial charge in [0, 0.05) is 41.1 Å². The van der Waals surface area contributed by atoms with Gasteiger partial charge < -0.3 is 25.5 Å². The molecule has 8 heteroatoms. The number of anilines is 2. The van der Waals surface area contributed by atoms with E-state index >= 15 is 0 Å². The molecule has 0 aliphatic carbocycles. The number of halogens is 1. The van der Waals surface area contributed by atoms with Crippen molar-refractivity contribution in [3.8, 4) is 0 Å². The van der Waals surface area contributed by atoms with Crippen LogP contribution < -0.4 is 16.0 Å². The number of rotatable bonds is 7. The van der Waals surface area contributed by atoms with Gasteiger partial charge in [0.2, 0.25) is 0 Å². The van der Waals surface area contributed by atoms with Gasteiger partial charge in [0.05, 0.1) is 0 Å². The van der Waals surface area contributed by atoms with Gasteiger partial charge in [-0.3, -0.25) is 4.79 Å². The first-order valence-corrected chi connectivity index (χ1v) is 13.0. The number of amidine groups is 1. The lowest BCUT2D eigenvalue weighted by molar-refractivity contribution is 0.0857. The number of ether oxygens (including phenoxy) is 1. The topological polar surface area (TPSA) is 89.2 Å². The summed E-state index contributed by atoms with van der Waals surface area (Å²) >= 11 is 6.21. The van der Waals surface area contributed by atoms with Crippen molar-refractivity contribution < 1.29 is 14.4 Å². The van der Waals surface area contributed by atoms with Crippen molar-refractivity contribution in [1.29, 1.82) is 0 Å². The fourth-order valence-corrected chi connectivity index (χ4v) is 5.43. The van der Waals surface area contributed by atoms with Gasteiger partial charge in [0.15, 0.2) is 5.84 Å². The minimum absolute atomic E-state index is 0.116. The van der Waals surface area contributed by atoms with E-state index in [9.17, 15) is 4.79 Å². The molecule has 196 valence electrons. The third-order valence-corrected chi connectivity index (χ3v) is 7.53. The predicted molar refractivity (Wildman–Crippen MR) is 153 cm³/mol. The highest BCUT2D eigenvalue weighted by Gasteiger charge is 2.43. The average molecular weight is 539 g/mol. The van der Waals surface area contributed by atoms with Crippen LogP contribution in [0, 0.1) is 0 Å². The van der Waals surface area contributed by atoms with Crippen LogP contribution in [-0.4, -0.2) is 25.9 Å². The van der Waals surface area contributed by atoms with Crippen LogP contribution in [-0.2, 0) is 16.1 Å². The number of hydrogen-bond acceptors (Lipinski definition) is 5. The molecule has 0 saturated carbocycles. The van der Waals surface area contributed by atoms with Crippen LogP contribution in [0.1, 0.15) is 55.9 Å². The molecular weight excluding hydrogens is 512 g/mol. The summed E-state index contributed by atoms with van der Waals surface area (Å²) in [6.45, 7) is 0.391. The fraction of sp³-hybridized carbons (Fsp3) is 0.161. The highest BCUT2D eigenvalue weighted by molar-refractivity contribution is 6.30. The van der Waals surface area contributed by atoms with Crippen molar-refractivity contribution in [2.45, 2.75) is 18.8 Å². The molecule has 0 fully saturated rings. The number of carbonyl (C=O) groups is 1. The smallest absolute Gasteiger partial charge is 0.251 e. The van der Waals surface area contributed by atoms with E-state index in [1.165, 1.54) is 12.7 Å². The Bertz CT molecular complexity index is 1600. The molecule has 2 aliphatic rings. The number of nitrogens with two attached hydrogens (primary N) is 1. The second-order valence-electron chi connectivity index (χ2n) is 9.63. The summed E-state index contributed by atoms with van der Waals surface area (Å²) in [5.74, 6) is 0.160. The molecule has 7 nitrogen and oxygen atoms in total. The third kappa shape index (κ3) is 4.60. The molecule has 39 heavy (non-hydrogen) atoms. The lowest BCUT2D eigenvalue weighted by Crippen LogP contribution is -2.23. The Morgan fingerprint density at radius 2 is 1.59 bits per heavy atom. The summed E-state index contributed by atoms with van der Waals surface area (Å²) in [6, 6.07) is 27.5. The van der Waals surface area contributed by atoms with Crippen molar-refractivity contribution in [2.75, 3.05) is 19.1 Å². The maximum absolute atomic E-state index is 13.0. The van der Waals surface area contributed by atoms with Gasteiger partial charge in [0.25, 0.3) is 5.91 Å². The second-order valence-corrected chi connectivity index (χ2v) is 10.1. The molecule has 0 spiro atoms. The maximum Gasteiger partial charge on any atom is 0.251 e. The van der Waals surface area contributed by atoms with E-state index in [1.54, 1.807) is 0 Å². The number of carbonyl (C=O) groups excluding carboxylic acids is 1. The number of nitrogens with one attached hydrogen (secondary N) is 1. The summed E-state index contributed by atoms with van der Waals surface area (Å²) < 4.78 is 6.38. The molecule has 2 atom stereocenters. The Labute approximate surface area is 231 Å². The Balaban J connectivity index is 1.18.